The Kier molecular flexibility index (Phi) is 4.26. The number of nitrogens with zero attached hydrogens (tertiary/aromatic N) is 2. The number of fused-ring (bicyclic) bond motifs is 1. The van der Waals surface area contributed by atoms with Gasteiger partial charge in [0.15, 0.2) is 4.96 Å². The second kappa shape index (κ2) is 5.70. The normalized spacial score (nSPS) is 11.4. The van der Waals surface area contributed by atoms with E-state index >= 15 is 0 Å². The first-order chi connectivity index (χ1) is 7.86. The van der Waals surface area contributed by atoms with Crippen LogP contribution in [0.15, 0.2) is 16.6 Å². The minimum atomic E-state index is 0.881. The van der Waals surface area contributed by atoms with Gasteiger partial charge < -0.3 is 5.32 Å². The van der Waals surface area contributed by atoms with Crippen molar-refractivity contribution in [3.63, 3.8) is 0 Å². The van der Waals surface area contributed by atoms with Crippen LogP contribution in [0.25, 0.3) is 4.96 Å². The molecule has 2 heterocycles. The van der Waals surface area contributed by atoms with E-state index < -0.39 is 0 Å². The van der Waals surface area contributed by atoms with E-state index in [1.807, 2.05) is 18.8 Å². The standard InChI is InChI=1S/C11H17N3S2/c1-3-4-6-15-10-9(8-12-2)14-5-7-16-11(14)13-10/h5,7,12H,3-4,6,8H2,1-2H3. The SMILES string of the molecule is CCCCSc1nc2sccn2c1CNC. The minimum Gasteiger partial charge on any atom is -0.314 e. The van der Waals surface area contributed by atoms with Gasteiger partial charge in [0.05, 0.1) is 5.69 Å². The van der Waals surface area contributed by atoms with Crippen LogP contribution in [0.1, 0.15) is 25.5 Å². The molecule has 0 aliphatic carbocycles. The van der Waals surface area contributed by atoms with Crippen LogP contribution < -0.4 is 5.32 Å². The third kappa shape index (κ3) is 2.42. The molecule has 1 N–H and O–H groups in total. The van der Waals surface area contributed by atoms with Gasteiger partial charge in [-0.1, -0.05) is 13.3 Å². The van der Waals surface area contributed by atoms with Gasteiger partial charge in [-0.2, -0.15) is 0 Å². The molecule has 0 spiro atoms. The highest BCUT2D eigenvalue weighted by atomic mass is 32.2. The van der Waals surface area contributed by atoms with Gasteiger partial charge in [0.1, 0.15) is 5.03 Å². The smallest absolute Gasteiger partial charge is 0.194 e. The highest BCUT2D eigenvalue weighted by molar-refractivity contribution is 7.99. The Balaban J connectivity index is 2.20. The van der Waals surface area contributed by atoms with E-state index in [4.69, 9.17) is 0 Å². The Morgan fingerprint density at radius 2 is 2.44 bits per heavy atom. The summed E-state index contributed by atoms with van der Waals surface area (Å²) in [4.78, 5) is 5.77. The van der Waals surface area contributed by atoms with E-state index in [2.05, 4.69) is 33.2 Å². The van der Waals surface area contributed by atoms with Crippen LogP contribution >= 0.6 is 23.1 Å². The van der Waals surface area contributed by atoms with Crippen LogP contribution in [0.4, 0.5) is 0 Å². The average molecular weight is 255 g/mol. The molecule has 0 aliphatic heterocycles. The van der Waals surface area contributed by atoms with Crippen molar-refractivity contribution in [1.29, 1.82) is 0 Å². The number of aromatic nitrogens is 2. The van der Waals surface area contributed by atoms with Crippen LogP contribution in [0.5, 0.6) is 0 Å². The number of imidazole rings is 1. The predicted molar refractivity (Wildman–Crippen MR) is 71.5 cm³/mol. The number of hydrogen-bond donors (Lipinski definition) is 1. The monoisotopic (exact) mass is 255 g/mol. The zero-order valence-electron chi connectivity index (χ0n) is 9.69. The van der Waals surface area contributed by atoms with Gasteiger partial charge in [-0.05, 0) is 19.2 Å². The van der Waals surface area contributed by atoms with E-state index in [1.54, 1.807) is 11.3 Å². The predicted octanol–water partition coefficient (Wildman–Crippen LogP) is 3.01. The molecule has 0 unspecified atom stereocenters. The molecular formula is C11H17N3S2. The van der Waals surface area contributed by atoms with Crippen molar-refractivity contribution in [2.24, 2.45) is 0 Å². The summed E-state index contributed by atoms with van der Waals surface area (Å²) < 4.78 is 2.19. The molecule has 88 valence electrons. The number of thiazole rings is 1. The van der Waals surface area contributed by atoms with Gasteiger partial charge in [0, 0.05) is 18.1 Å². The fourth-order valence-electron chi connectivity index (χ4n) is 1.57. The summed E-state index contributed by atoms with van der Waals surface area (Å²) in [5.74, 6) is 1.16. The van der Waals surface area contributed by atoms with Crippen molar-refractivity contribution < 1.29 is 0 Å². The Hall–Kier alpha value is -0.520. The second-order valence-electron chi connectivity index (χ2n) is 3.65. The molecular weight excluding hydrogens is 238 g/mol. The van der Waals surface area contributed by atoms with E-state index in [9.17, 15) is 0 Å². The topological polar surface area (TPSA) is 29.3 Å². The van der Waals surface area contributed by atoms with E-state index in [-0.39, 0.29) is 0 Å². The number of thioether (sulfide) groups is 1. The first-order valence-corrected chi connectivity index (χ1v) is 7.45. The first-order valence-electron chi connectivity index (χ1n) is 5.58. The van der Waals surface area contributed by atoms with Crippen LogP contribution in [0, 0.1) is 0 Å². The fourth-order valence-corrected chi connectivity index (χ4v) is 3.47. The largest absolute Gasteiger partial charge is 0.314 e. The van der Waals surface area contributed by atoms with Crippen molar-refractivity contribution in [2.75, 3.05) is 12.8 Å². The second-order valence-corrected chi connectivity index (χ2v) is 5.61. The zero-order valence-corrected chi connectivity index (χ0v) is 11.3. The Morgan fingerprint density at radius 3 is 3.19 bits per heavy atom. The van der Waals surface area contributed by atoms with E-state index in [1.165, 1.54) is 23.6 Å². The van der Waals surface area contributed by atoms with Gasteiger partial charge in [-0.15, -0.1) is 23.1 Å². The molecule has 0 amide bonds. The molecule has 0 atom stereocenters. The van der Waals surface area contributed by atoms with E-state index in [0.717, 1.165) is 17.3 Å². The van der Waals surface area contributed by atoms with Crippen molar-refractivity contribution in [1.82, 2.24) is 14.7 Å². The molecule has 16 heavy (non-hydrogen) atoms. The maximum atomic E-state index is 4.67. The zero-order chi connectivity index (χ0) is 11.4. The van der Waals surface area contributed by atoms with Gasteiger partial charge in [0.25, 0.3) is 0 Å². The summed E-state index contributed by atoms with van der Waals surface area (Å²) >= 11 is 3.57. The molecule has 0 aromatic carbocycles. The molecule has 0 fully saturated rings. The van der Waals surface area contributed by atoms with E-state index in [0.29, 0.717) is 0 Å². The van der Waals surface area contributed by atoms with Gasteiger partial charge in [-0.25, -0.2) is 4.98 Å². The molecule has 2 aromatic heterocycles. The Labute approximate surface area is 104 Å². The quantitative estimate of drug-likeness (QED) is 0.635. The lowest BCUT2D eigenvalue weighted by Gasteiger charge is -2.02. The molecule has 2 rings (SSSR count). The summed E-state index contributed by atoms with van der Waals surface area (Å²) in [5.41, 5.74) is 1.29. The third-order valence-corrected chi connectivity index (χ3v) is 4.25. The summed E-state index contributed by atoms with van der Waals surface area (Å²) in [7, 11) is 1.98. The van der Waals surface area contributed by atoms with Crippen LogP contribution in [-0.4, -0.2) is 22.2 Å². The molecule has 5 heteroatoms. The maximum absolute atomic E-state index is 4.67. The van der Waals surface area contributed by atoms with Crippen molar-refractivity contribution in [3.05, 3.63) is 17.3 Å². The lowest BCUT2D eigenvalue weighted by Crippen LogP contribution is -2.08. The molecule has 0 saturated carbocycles. The fraction of sp³-hybridized carbons (Fsp3) is 0.545. The van der Waals surface area contributed by atoms with Crippen molar-refractivity contribution in [3.8, 4) is 0 Å². The van der Waals surface area contributed by atoms with Gasteiger partial charge in [-0.3, -0.25) is 4.40 Å². The van der Waals surface area contributed by atoms with Gasteiger partial charge in [0.2, 0.25) is 0 Å². The first kappa shape index (κ1) is 12.0. The molecule has 0 radical (unpaired) electrons. The third-order valence-electron chi connectivity index (χ3n) is 2.41. The lowest BCUT2D eigenvalue weighted by molar-refractivity contribution is 0.764. The minimum absolute atomic E-state index is 0.881. The van der Waals surface area contributed by atoms with Gasteiger partial charge >= 0.3 is 0 Å². The number of hydrogen-bond acceptors (Lipinski definition) is 4. The summed E-state index contributed by atoms with van der Waals surface area (Å²) in [5, 5.41) is 6.49. The van der Waals surface area contributed by atoms with Crippen LogP contribution in [-0.2, 0) is 6.54 Å². The maximum Gasteiger partial charge on any atom is 0.194 e. The van der Waals surface area contributed by atoms with Crippen LogP contribution in [0.3, 0.4) is 0 Å². The molecule has 0 bridgehead atoms. The highest BCUT2D eigenvalue weighted by Crippen LogP contribution is 2.26. The highest BCUT2D eigenvalue weighted by Gasteiger charge is 2.12. The summed E-state index contributed by atoms with van der Waals surface area (Å²) in [6.07, 6.45) is 4.61. The average Bonchev–Trinajstić information content (AvgIpc) is 2.83. The molecule has 0 saturated heterocycles. The number of rotatable bonds is 6. The van der Waals surface area contributed by atoms with Crippen LogP contribution in [0.2, 0.25) is 0 Å². The molecule has 2 aromatic rings. The number of unbranched alkanes of at least 4 members (excludes halogenated alkanes) is 1. The number of nitrogens with one attached hydrogen (secondary N) is 1. The Morgan fingerprint density at radius 1 is 1.56 bits per heavy atom. The molecule has 0 aliphatic rings. The van der Waals surface area contributed by atoms with Crippen molar-refractivity contribution in [2.45, 2.75) is 31.3 Å². The lowest BCUT2D eigenvalue weighted by atomic mass is 10.4. The molecule has 3 nitrogen and oxygen atoms in total. The van der Waals surface area contributed by atoms with Crippen molar-refractivity contribution >= 4 is 28.1 Å². The summed E-state index contributed by atoms with van der Waals surface area (Å²) in [6.45, 7) is 3.10. The summed E-state index contributed by atoms with van der Waals surface area (Å²) in [6, 6.07) is 0. The Bertz CT molecular complexity index is 447.